The van der Waals surface area contributed by atoms with Crippen LogP contribution in [0, 0.1) is 5.92 Å². The predicted octanol–water partition coefficient (Wildman–Crippen LogP) is 2.42. The SMILES string of the molecule is CC[C@H](Cc1ccccc1)OC(=O)[C@H]1CCN(C)C(=O)C1. The Kier molecular flexibility index (Phi) is 5.37. The van der Waals surface area contributed by atoms with E-state index in [0.717, 1.165) is 18.4 Å². The maximum Gasteiger partial charge on any atom is 0.309 e. The lowest BCUT2D eigenvalue weighted by atomic mass is 9.96. The molecule has 2 rings (SSSR count). The summed E-state index contributed by atoms with van der Waals surface area (Å²) in [5, 5.41) is 0. The zero-order chi connectivity index (χ0) is 15.2. The third-order valence-electron chi connectivity index (χ3n) is 4.04. The highest BCUT2D eigenvalue weighted by Gasteiger charge is 2.30. The summed E-state index contributed by atoms with van der Waals surface area (Å²) in [7, 11) is 1.77. The van der Waals surface area contributed by atoms with Gasteiger partial charge in [-0.05, 0) is 18.4 Å². The van der Waals surface area contributed by atoms with Gasteiger partial charge in [-0.15, -0.1) is 0 Å². The van der Waals surface area contributed by atoms with Gasteiger partial charge in [-0.3, -0.25) is 9.59 Å². The second kappa shape index (κ2) is 7.25. The highest BCUT2D eigenvalue weighted by molar-refractivity contribution is 5.84. The number of ether oxygens (including phenoxy) is 1. The van der Waals surface area contributed by atoms with E-state index in [1.54, 1.807) is 11.9 Å². The van der Waals surface area contributed by atoms with Gasteiger partial charge in [0.25, 0.3) is 0 Å². The van der Waals surface area contributed by atoms with Gasteiger partial charge in [0, 0.05) is 26.4 Å². The van der Waals surface area contributed by atoms with Crippen LogP contribution in [0.2, 0.25) is 0 Å². The average Bonchev–Trinajstić information content (AvgIpc) is 2.50. The molecule has 0 unspecified atom stereocenters. The first kappa shape index (κ1) is 15.5. The molecule has 114 valence electrons. The Morgan fingerprint density at radius 2 is 2.10 bits per heavy atom. The van der Waals surface area contributed by atoms with E-state index < -0.39 is 0 Å². The van der Waals surface area contributed by atoms with E-state index in [-0.39, 0.29) is 30.3 Å². The van der Waals surface area contributed by atoms with E-state index >= 15 is 0 Å². The van der Waals surface area contributed by atoms with Crippen molar-refractivity contribution in [2.75, 3.05) is 13.6 Å². The van der Waals surface area contributed by atoms with Crippen LogP contribution in [0.5, 0.6) is 0 Å². The van der Waals surface area contributed by atoms with Gasteiger partial charge < -0.3 is 9.64 Å². The standard InChI is InChI=1S/C17H23NO3/c1-3-15(11-13-7-5-4-6-8-13)21-17(20)14-9-10-18(2)16(19)12-14/h4-8,14-15H,3,9-12H2,1-2H3/t14-,15+/m0/s1. The van der Waals surface area contributed by atoms with Gasteiger partial charge in [0.2, 0.25) is 5.91 Å². The minimum absolute atomic E-state index is 0.0271. The molecule has 4 nitrogen and oxygen atoms in total. The second-order valence-electron chi connectivity index (χ2n) is 5.66. The summed E-state index contributed by atoms with van der Waals surface area (Å²) < 4.78 is 5.62. The molecule has 1 fully saturated rings. The fourth-order valence-corrected chi connectivity index (χ4v) is 2.55. The Morgan fingerprint density at radius 1 is 1.38 bits per heavy atom. The molecule has 0 spiro atoms. The summed E-state index contributed by atoms with van der Waals surface area (Å²) in [6.45, 7) is 2.65. The minimum Gasteiger partial charge on any atom is -0.462 e. The van der Waals surface area contributed by atoms with Crippen molar-refractivity contribution in [2.24, 2.45) is 5.92 Å². The molecule has 0 bridgehead atoms. The second-order valence-corrected chi connectivity index (χ2v) is 5.66. The number of carbonyl (C=O) groups is 2. The van der Waals surface area contributed by atoms with E-state index in [9.17, 15) is 9.59 Å². The van der Waals surface area contributed by atoms with Crippen molar-refractivity contribution in [1.29, 1.82) is 0 Å². The van der Waals surface area contributed by atoms with Crippen molar-refractivity contribution in [3.05, 3.63) is 35.9 Å². The van der Waals surface area contributed by atoms with E-state index in [1.165, 1.54) is 0 Å². The number of carbonyl (C=O) groups excluding carboxylic acids is 2. The van der Waals surface area contributed by atoms with Crippen molar-refractivity contribution in [2.45, 2.75) is 38.7 Å². The first-order valence-electron chi connectivity index (χ1n) is 7.58. The smallest absolute Gasteiger partial charge is 0.309 e. The monoisotopic (exact) mass is 289 g/mol. The van der Waals surface area contributed by atoms with Gasteiger partial charge >= 0.3 is 5.97 Å². The van der Waals surface area contributed by atoms with E-state index in [1.807, 2.05) is 37.3 Å². The van der Waals surface area contributed by atoms with Crippen molar-refractivity contribution >= 4 is 11.9 Å². The third kappa shape index (κ3) is 4.31. The molecular weight excluding hydrogens is 266 g/mol. The van der Waals surface area contributed by atoms with Crippen LogP contribution in [0.15, 0.2) is 30.3 Å². The lowest BCUT2D eigenvalue weighted by Gasteiger charge is -2.28. The summed E-state index contributed by atoms with van der Waals surface area (Å²) >= 11 is 0. The Labute approximate surface area is 126 Å². The quantitative estimate of drug-likeness (QED) is 0.782. The summed E-state index contributed by atoms with van der Waals surface area (Å²) in [6, 6.07) is 10.0. The molecule has 0 aliphatic carbocycles. The molecule has 21 heavy (non-hydrogen) atoms. The third-order valence-corrected chi connectivity index (χ3v) is 4.04. The number of likely N-dealkylation sites (tertiary alicyclic amines) is 1. The molecule has 1 amide bonds. The first-order chi connectivity index (χ1) is 10.1. The van der Waals surface area contributed by atoms with Crippen molar-refractivity contribution < 1.29 is 14.3 Å². The topological polar surface area (TPSA) is 46.6 Å². The van der Waals surface area contributed by atoms with Crippen LogP contribution in [0.1, 0.15) is 31.7 Å². The van der Waals surface area contributed by atoms with Crippen LogP contribution >= 0.6 is 0 Å². The average molecular weight is 289 g/mol. The summed E-state index contributed by atoms with van der Waals surface area (Å²) in [5.41, 5.74) is 1.16. The zero-order valence-electron chi connectivity index (χ0n) is 12.7. The van der Waals surface area contributed by atoms with Gasteiger partial charge in [0.05, 0.1) is 5.92 Å². The van der Waals surface area contributed by atoms with Crippen molar-refractivity contribution in [1.82, 2.24) is 4.90 Å². The molecule has 0 aromatic heterocycles. The van der Waals surface area contributed by atoms with Gasteiger partial charge in [0.1, 0.15) is 6.10 Å². The van der Waals surface area contributed by atoms with Gasteiger partial charge in [0.15, 0.2) is 0 Å². The number of piperidine rings is 1. The van der Waals surface area contributed by atoms with Crippen LogP contribution in [-0.2, 0) is 20.7 Å². The lowest BCUT2D eigenvalue weighted by molar-refractivity contribution is -0.158. The highest BCUT2D eigenvalue weighted by atomic mass is 16.5. The van der Waals surface area contributed by atoms with E-state index in [4.69, 9.17) is 4.74 Å². The van der Waals surface area contributed by atoms with E-state index in [0.29, 0.717) is 13.0 Å². The Morgan fingerprint density at radius 3 is 2.71 bits per heavy atom. The van der Waals surface area contributed by atoms with Crippen LogP contribution in [0.4, 0.5) is 0 Å². The normalized spacial score (nSPS) is 20.2. The van der Waals surface area contributed by atoms with Crippen molar-refractivity contribution in [3.63, 3.8) is 0 Å². The first-order valence-corrected chi connectivity index (χ1v) is 7.58. The van der Waals surface area contributed by atoms with Crippen molar-refractivity contribution in [3.8, 4) is 0 Å². The molecular formula is C17H23NO3. The maximum atomic E-state index is 12.2. The largest absolute Gasteiger partial charge is 0.462 e. The van der Waals surface area contributed by atoms with Gasteiger partial charge in [-0.1, -0.05) is 37.3 Å². The number of hydrogen-bond acceptors (Lipinski definition) is 3. The Hall–Kier alpha value is -1.84. The lowest BCUT2D eigenvalue weighted by Crippen LogP contribution is -2.39. The van der Waals surface area contributed by atoms with Crippen LogP contribution in [0.25, 0.3) is 0 Å². The summed E-state index contributed by atoms with van der Waals surface area (Å²) in [6.07, 6.45) is 2.36. The summed E-state index contributed by atoms with van der Waals surface area (Å²) in [4.78, 5) is 25.6. The number of benzene rings is 1. The number of nitrogens with zero attached hydrogens (tertiary/aromatic N) is 1. The number of rotatable bonds is 5. The van der Waals surface area contributed by atoms with Crippen LogP contribution in [0.3, 0.4) is 0 Å². The molecule has 1 aromatic carbocycles. The molecule has 4 heteroatoms. The molecule has 1 aliphatic rings. The van der Waals surface area contributed by atoms with Crippen LogP contribution in [-0.4, -0.2) is 36.5 Å². The maximum absolute atomic E-state index is 12.2. The van der Waals surface area contributed by atoms with Gasteiger partial charge in [-0.25, -0.2) is 0 Å². The van der Waals surface area contributed by atoms with Gasteiger partial charge in [-0.2, -0.15) is 0 Å². The van der Waals surface area contributed by atoms with E-state index in [2.05, 4.69) is 0 Å². The molecule has 1 saturated heterocycles. The Balaban J connectivity index is 1.89. The fraction of sp³-hybridized carbons (Fsp3) is 0.529. The molecule has 2 atom stereocenters. The number of esters is 1. The molecule has 1 aliphatic heterocycles. The number of amides is 1. The molecule has 1 aromatic rings. The number of hydrogen-bond donors (Lipinski definition) is 0. The highest BCUT2D eigenvalue weighted by Crippen LogP contribution is 2.20. The molecule has 1 heterocycles. The molecule has 0 saturated carbocycles. The minimum atomic E-state index is -0.279. The molecule has 0 radical (unpaired) electrons. The Bertz CT molecular complexity index is 486. The predicted molar refractivity (Wildman–Crippen MR) is 80.7 cm³/mol. The molecule has 0 N–H and O–H groups in total. The summed E-state index contributed by atoms with van der Waals surface area (Å²) in [5.74, 6) is -0.475. The van der Waals surface area contributed by atoms with Crippen LogP contribution < -0.4 is 0 Å². The fourth-order valence-electron chi connectivity index (χ4n) is 2.55. The zero-order valence-corrected chi connectivity index (χ0v) is 12.7.